The molecule has 2 aliphatic heterocycles. The minimum absolute atomic E-state index is 0.210. The van der Waals surface area contributed by atoms with E-state index in [4.69, 9.17) is 14.2 Å². The molecule has 1 amide bonds. The number of fused-ring (bicyclic) bond motifs is 1. The Labute approximate surface area is 174 Å². The van der Waals surface area contributed by atoms with Crippen LogP contribution in [0.25, 0.3) is 0 Å². The van der Waals surface area contributed by atoms with Gasteiger partial charge in [0.2, 0.25) is 0 Å². The Morgan fingerprint density at radius 3 is 2.33 bits per heavy atom. The molecule has 0 saturated heterocycles. The van der Waals surface area contributed by atoms with Gasteiger partial charge in [-0.15, -0.1) is 5.06 Å². The lowest BCUT2D eigenvalue weighted by Crippen LogP contribution is -2.57. The summed E-state index contributed by atoms with van der Waals surface area (Å²) >= 11 is 0. The zero-order valence-corrected chi connectivity index (χ0v) is 17.7. The second-order valence-electron chi connectivity index (χ2n) is 8.22. The van der Waals surface area contributed by atoms with Crippen LogP contribution in [0.5, 0.6) is 5.75 Å². The number of hydroxylamine groups is 2. The molecule has 1 aromatic rings. The fourth-order valence-corrected chi connectivity index (χ4v) is 3.42. The van der Waals surface area contributed by atoms with E-state index < -0.39 is 35.4 Å². The number of anilines is 1. The molecule has 2 aliphatic rings. The van der Waals surface area contributed by atoms with E-state index in [-0.39, 0.29) is 6.42 Å². The van der Waals surface area contributed by atoms with Gasteiger partial charge in [-0.05, 0) is 39.3 Å². The van der Waals surface area contributed by atoms with Gasteiger partial charge in [0.25, 0.3) is 0 Å². The number of amides is 1. The number of hydrogen-bond acceptors (Lipinski definition) is 8. The number of carbonyl (C=O) groups excluding carboxylic acids is 3. The van der Waals surface area contributed by atoms with Crippen LogP contribution in [0.1, 0.15) is 39.7 Å². The van der Waals surface area contributed by atoms with Crippen LogP contribution < -0.4 is 9.64 Å². The number of rotatable bonds is 4. The summed E-state index contributed by atoms with van der Waals surface area (Å²) in [5.41, 5.74) is 0.479. The largest absolute Gasteiger partial charge is 0.473 e. The summed E-state index contributed by atoms with van der Waals surface area (Å²) in [4.78, 5) is 38.2. The maximum atomic E-state index is 13.0. The molecular weight excluding hydrogens is 392 g/mol. The molecule has 0 bridgehead atoms. The molecule has 1 spiro atoms. The highest BCUT2D eigenvalue weighted by atomic mass is 16.7. The van der Waals surface area contributed by atoms with E-state index in [0.29, 0.717) is 23.4 Å². The lowest BCUT2D eigenvalue weighted by Gasteiger charge is -2.40. The van der Waals surface area contributed by atoms with Crippen molar-refractivity contribution in [3.63, 3.8) is 0 Å². The van der Waals surface area contributed by atoms with Crippen LogP contribution in [-0.4, -0.2) is 52.7 Å². The van der Waals surface area contributed by atoms with E-state index in [0.717, 1.165) is 17.2 Å². The summed E-state index contributed by atoms with van der Waals surface area (Å²) in [5, 5.41) is 11.7. The number of hydrogen-bond donors (Lipinski definition) is 1. The van der Waals surface area contributed by atoms with Gasteiger partial charge >= 0.3 is 23.6 Å². The third-order valence-corrected chi connectivity index (χ3v) is 4.97. The Morgan fingerprint density at radius 2 is 1.80 bits per heavy atom. The third-order valence-electron chi connectivity index (χ3n) is 4.97. The van der Waals surface area contributed by atoms with Crippen LogP contribution in [0.3, 0.4) is 0 Å². The molecule has 30 heavy (non-hydrogen) atoms. The van der Waals surface area contributed by atoms with Crippen molar-refractivity contribution in [2.45, 2.75) is 58.1 Å². The minimum Gasteiger partial charge on any atom is -0.473 e. The van der Waals surface area contributed by atoms with Crippen LogP contribution >= 0.6 is 0 Å². The number of ether oxygens (including phenoxy) is 3. The average Bonchev–Trinajstić information content (AvgIpc) is 2.82. The molecule has 9 heteroatoms. The first-order valence-corrected chi connectivity index (χ1v) is 9.67. The zero-order valence-electron chi connectivity index (χ0n) is 17.7. The first-order chi connectivity index (χ1) is 14.0. The van der Waals surface area contributed by atoms with Crippen molar-refractivity contribution >= 4 is 23.5 Å². The van der Waals surface area contributed by atoms with Crippen molar-refractivity contribution in [1.29, 1.82) is 0 Å². The molecule has 0 saturated carbocycles. The molecule has 1 aromatic carbocycles. The monoisotopic (exact) mass is 418 g/mol. The first-order valence-electron chi connectivity index (χ1n) is 9.67. The second kappa shape index (κ2) is 7.73. The van der Waals surface area contributed by atoms with Crippen molar-refractivity contribution < 1.29 is 33.8 Å². The molecular formula is C21H26N2O7. The molecule has 162 valence electrons. The average molecular weight is 418 g/mol. The summed E-state index contributed by atoms with van der Waals surface area (Å²) < 4.78 is 16.6. The number of nitrogens with zero attached hydrogens (tertiary/aromatic N) is 2. The Hall–Kier alpha value is -2.91. The molecule has 0 fully saturated rings. The summed E-state index contributed by atoms with van der Waals surface area (Å²) in [7, 11) is 1.50. The highest BCUT2D eigenvalue weighted by Crippen LogP contribution is 2.41. The minimum atomic E-state index is -2.12. The molecule has 0 radical (unpaired) electrons. The van der Waals surface area contributed by atoms with Crippen LogP contribution in [0.15, 0.2) is 30.4 Å². The molecule has 9 nitrogen and oxygen atoms in total. The van der Waals surface area contributed by atoms with Gasteiger partial charge in [0.05, 0.1) is 12.1 Å². The Bertz CT molecular complexity index is 883. The molecule has 1 N–H and O–H groups in total. The Kier molecular flexibility index (Phi) is 5.62. The molecule has 0 aromatic heterocycles. The summed E-state index contributed by atoms with van der Waals surface area (Å²) in [6, 6.07) is 5.12. The maximum absolute atomic E-state index is 13.0. The van der Waals surface area contributed by atoms with Crippen molar-refractivity contribution in [2.24, 2.45) is 0 Å². The summed E-state index contributed by atoms with van der Waals surface area (Å²) in [6.07, 6.45) is 1.44. The first kappa shape index (κ1) is 21.8. The van der Waals surface area contributed by atoms with Gasteiger partial charge in [0.1, 0.15) is 5.75 Å². The van der Waals surface area contributed by atoms with Gasteiger partial charge in [-0.3, -0.25) is 4.79 Å². The fourth-order valence-electron chi connectivity index (χ4n) is 3.42. The predicted octanol–water partition coefficient (Wildman–Crippen LogP) is 2.16. The third kappa shape index (κ3) is 3.90. The van der Waals surface area contributed by atoms with Crippen molar-refractivity contribution in [3.8, 4) is 5.75 Å². The number of carbonyl (C=O) groups is 3. The van der Waals surface area contributed by atoms with E-state index >= 15 is 0 Å². The van der Waals surface area contributed by atoms with E-state index in [1.165, 1.54) is 11.9 Å². The van der Waals surface area contributed by atoms with E-state index in [9.17, 15) is 19.6 Å². The number of likely N-dealkylation sites (N-methyl/N-ethyl adjacent to an activating group) is 1. The van der Waals surface area contributed by atoms with Gasteiger partial charge in [0.15, 0.2) is 6.23 Å². The van der Waals surface area contributed by atoms with Crippen LogP contribution in [0, 0.1) is 0 Å². The Morgan fingerprint density at radius 1 is 1.20 bits per heavy atom. The zero-order chi connectivity index (χ0) is 22.3. The van der Waals surface area contributed by atoms with E-state index in [2.05, 4.69) is 0 Å². The standard InChI is InChI=1S/C21H26N2O7/c1-6-16(23(27)20(2,3)4)28-15-9-7-8-14-13(15)12-21(19(26)22(14)5)29-17(24)10-11-18(25)30-21/h7-11,16,27H,6,12H2,1-5H3. The quantitative estimate of drug-likeness (QED) is 0.451. The number of esters is 2. The lowest BCUT2D eigenvalue weighted by molar-refractivity contribution is -0.236. The van der Waals surface area contributed by atoms with Gasteiger partial charge in [-0.1, -0.05) is 13.0 Å². The second-order valence-corrected chi connectivity index (χ2v) is 8.22. The van der Waals surface area contributed by atoms with Gasteiger partial charge in [0, 0.05) is 30.3 Å². The summed E-state index contributed by atoms with van der Waals surface area (Å²) in [6.45, 7) is 7.40. The lowest BCUT2D eigenvalue weighted by atomic mass is 9.95. The molecule has 2 heterocycles. The van der Waals surface area contributed by atoms with Gasteiger partial charge < -0.3 is 24.3 Å². The van der Waals surface area contributed by atoms with Crippen LogP contribution in [-0.2, 0) is 30.3 Å². The normalized spacial score (nSPS) is 19.3. The maximum Gasteiger partial charge on any atom is 0.341 e. The molecule has 1 atom stereocenters. The smallest absolute Gasteiger partial charge is 0.341 e. The van der Waals surface area contributed by atoms with Gasteiger partial charge in [-0.25, -0.2) is 9.59 Å². The van der Waals surface area contributed by atoms with Crippen LogP contribution in [0.4, 0.5) is 5.69 Å². The molecule has 0 aliphatic carbocycles. The van der Waals surface area contributed by atoms with Crippen molar-refractivity contribution in [2.75, 3.05) is 11.9 Å². The highest BCUT2D eigenvalue weighted by Gasteiger charge is 2.53. The number of benzene rings is 1. The van der Waals surface area contributed by atoms with Gasteiger partial charge in [-0.2, -0.15) is 0 Å². The fraction of sp³-hybridized carbons (Fsp3) is 0.476. The molecule has 3 rings (SSSR count). The highest BCUT2D eigenvalue weighted by molar-refractivity contribution is 6.06. The SMILES string of the molecule is CCC(Oc1cccc2c1CC1(OC(=O)C=CC(=O)O1)C(=O)N2C)N(O)C(C)(C)C. The molecule has 1 unspecified atom stereocenters. The van der Waals surface area contributed by atoms with Crippen LogP contribution in [0.2, 0.25) is 0 Å². The Balaban J connectivity index is 2.02. The van der Waals surface area contributed by atoms with E-state index in [1.807, 2.05) is 27.7 Å². The van der Waals surface area contributed by atoms with E-state index in [1.54, 1.807) is 18.2 Å². The topological polar surface area (TPSA) is 106 Å². The predicted molar refractivity (Wildman–Crippen MR) is 106 cm³/mol. The van der Waals surface area contributed by atoms with Crippen molar-refractivity contribution in [1.82, 2.24) is 5.06 Å². The van der Waals surface area contributed by atoms with Crippen molar-refractivity contribution in [3.05, 3.63) is 35.9 Å². The summed E-state index contributed by atoms with van der Waals surface area (Å²) in [5.74, 6) is -4.13.